The monoisotopic (exact) mass is 266 g/mol. The molecule has 106 valence electrons. The van der Waals surface area contributed by atoms with E-state index < -0.39 is 0 Å². The first-order valence-corrected chi connectivity index (χ1v) is 6.79. The summed E-state index contributed by atoms with van der Waals surface area (Å²) in [7, 11) is 0. The van der Waals surface area contributed by atoms with Crippen molar-refractivity contribution in [2.24, 2.45) is 5.41 Å². The molecule has 1 amide bonds. The fourth-order valence-corrected chi connectivity index (χ4v) is 2.49. The summed E-state index contributed by atoms with van der Waals surface area (Å²) in [5.74, 6) is 1.24. The third kappa shape index (κ3) is 3.53. The highest BCUT2D eigenvalue weighted by Crippen LogP contribution is 2.29. The van der Waals surface area contributed by atoms with Gasteiger partial charge in [-0.15, -0.1) is 0 Å². The van der Waals surface area contributed by atoms with Gasteiger partial charge in [-0.3, -0.25) is 4.79 Å². The molecule has 1 atom stereocenters. The van der Waals surface area contributed by atoms with Crippen LogP contribution in [0, 0.1) is 12.3 Å². The predicted molar refractivity (Wildman–Crippen MR) is 70.6 cm³/mol. The van der Waals surface area contributed by atoms with Crippen LogP contribution in [0.1, 0.15) is 38.4 Å². The Labute approximate surface area is 113 Å². The molecule has 1 aliphatic heterocycles. The lowest BCUT2D eigenvalue weighted by Crippen LogP contribution is -2.55. The van der Waals surface area contributed by atoms with Gasteiger partial charge in [0.25, 0.3) is 0 Å². The zero-order chi connectivity index (χ0) is 13.9. The summed E-state index contributed by atoms with van der Waals surface area (Å²) in [5.41, 5.74) is 0.00338. The van der Waals surface area contributed by atoms with Gasteiger partial charge in [0.1, 0.15) is 0 Å². The Morgan fingerprint density at radius 1 is 1.58 bits per heavy atom. The van der Waals surface area contributed by atoms with Gasteiger partial charge < -0.3 is 15.2 Å². The average molecular weight is 266 g/mol. The molecule has 2 N–H and O–H groups in total. The molecule has 0 bridgehead atoms. The van der Waals surface area contributed by atoms with Crippen LogP contribution < -0.4 is 10.6 Å². The van der Waals surface area contributed by atoms with Crippen molar-refractivity contribution in [2.45, 2.75) is 46.1 Å². The van der Waals surface area contributed by atoms with E-state index in [2.05, 4.69) is 34.6 Å². The van der Waals surface area contributed by atoms with Crippen LogP contribution in [-0.2, 0) is 11.2 Å². The van der Waals surface area contributed by atoms with Gasteiger partial charge in [0.15, 0.2) is 5.82 Å². The lowest BCUT2D eigenvalue weighted by Gasteiger charge is -2.38. The van der Waals surface area contributed by atoms with Crippen molar-refractivity contribution in [3.63, 3.8) is 0 Å². The Kier molecular flexibility index (Phi) is 4.19. The minimum Gasteiger partial charge on any atom is -0.354 e. The van der Waals surface area contributed by atoms with Crippen molar-refractivity contribution < 1.29 is 9.32 Å². The summed E-state index contributed by atoms with van der Waals surface area (Å²) >= 11 is 0. The molecule has 0 aliphatic carbocycles. The van der Waals surface area contributed by atoms with E-state index in [-0.39, 0.29) is 17.4 Å². The smallest absolute Gasteiger partial charge is 0.237 e. The van der Waals surface area contributed by atoms with Gasteiger partial charge in [-0.25, -0.2) is 0 Å². The van der Waals surface area contributed by atoms with Crippen LogP contribution in [0.15, 0.2) is 4.52 Å². The largest absolute Gasteiger partial charge is 0.354 e. The number of piperidine rings is 1. The van der Waals surface area contributed by atoms with E-state index in [1.54, 1.807) is 6.92 Å². The Morgan fingerprint density at radius 2 is 2.37 bits per heavy atom. The molecule has 1 aliphatic rings. The molecule has 2 heterocycles. The average Bonchev–Trinajstić information content (AvgIpc) is 2.74. The number of nitrogens with zero attached hydrogens (tertiary/aromatic N) is 2. The maximum Gasteiger partial charge on any atom is 0.237 e. The van der Waals surface area contributed by atoms with E-state index in [0.29, 0.717) is 24.7 Å². The van der Waals surface area contributed by atoms with Crippen LogP contribution in [0.2, 0.25) is 0 Å². The molecule has 1 unspecified atom stereocenters. The lowest BCUT2D eigenvalue weighted by molar-refractivity contribution is -0.126. The van der Waals surface area contributed by atoms with E-state index in [0.717, 1.165) is 19.4 Å². The number of carbonyl (C=O) groups is 1. The highest BCUT2D eigenvalue weighted by Gasteiger charge is 2.36. The molecule has 1 saturated heterocycles. The van der Waals surface area contributed by atoms with Crippen LogP contribution in [0.3, 0.4) is 0 Å². The Hall–Kier alpha value is -1.43. The molecular weight excluding hydrogens is 244 g/mol. The van der Waals surface area contributed by atoms with Gasteiger partial charge in [0.05, 0.1) is 6.04 Å². The third-order valence-electron chi connectivity index (χ3n) is 3.60. The third-order valence-corrected chi connectivity index (χ3v) is 3.60. The van der Waals surface area contributed by atoms with Crippen LogP contribution >= 0.6 is 0 Å². The number of rotatable bonds is 4. The van der Waals surface area contributed by atoms with Crippen molar-refractivity contribution >= 4 is 5.91 Å². The van der Waals surface area contributed by atoms with Gasteiger partial charge in [-0.1, -0.05) is 19.0 Å². The summed E-state index contributed by atoms with van der Waals surface area (Å²) in [4.78, 5) is 16.3. The van der Waals surface area contributed by atoms with Crippen molar-refractivity contribution in [1.29, 1.82) is 0 Å². The number of amides is 1. The number of carbonyl (C=O) groups excluding carboxylic acids is 1. The highest BCUT2D eigenvalue weighted by molar-refractivity contribution is 5.82. The van der Waals surface area contributed by atoms with E-state index in [4.69, 9.17) is 4.52 Å². The van der Waals surface area contributed by atoms with Gasteiger partial charge in [0, 0.05) is 13.0 Å². The SMILES string of the molecule is Cc1noc(CCNC(=O)C2NCCCC2(C)C)n1. The molecular formula is C13H22N4O2. The molecule has 1 aromatic rings. The number of aromatic nitrogens is 2. The van der Waals surface area contributed by atoms with E-state index >= 15 is 0 Å². The normalized spacial score (nSPS) is 22.2. The Bertz CT molecular complexity index is 442. The molecule has 6 heteroatoms. The van der Waals surface area contributed by atoms with E-state index in [9.17, 15) is 4.79 Å². The van der Waals surface area contributed by atoms with Crippen molar-refractivity contribution in [2.75, 3.05) is 13.1 Å². The second kappa shape index (κ2) is 5.69. The number of nitrogens with one attached hydrogen (secondary N) is 2. The topological polar surface area (TPSA) is 80.0 Å². The molecule has 0 spiro atoms. The fraction of sp³-hybridized carbons (Fsp3) is 0.769. The summed E-state index contributed by atoms with van der Waals surface area (Å²) in [6.45, 7) is 7.47. The standard InChI is InChI=1S/C13H22N4O2/c1-9-16-10(19-17-9)5-8-15-12(18)11-13(2,3)6-4-7-14-11/h11,14H,4-8H2,1-3H3,(H,15,18). The lowest BCUT2D eigenvalue weighted by atomic mass is 9.77. The van der Waals surface area contributed by atoms with Gasteiger partial charge in [-0.05, 0) is 31.7 Å². The van der Waals surface area contributed by atoms with Crippen molar-refractivity contribution in [3.8, 4) is 0 Å². The first kappa shape index (κ1) is 14.0. The summed E-state index contributed by atoms with van der Waals surface area (Å²) in [6, 6.07) is -0.120. The van der Waals surface area contributed by atoms with E-state index in [1.807, 2.05) is 0 Å². The zero-order valence-corrected chi connectivity index (χ0v) is 11.8. The molecule has 19 heavy (non-hydrogen) atoms. The minimum absolute atomic E-state index is 0.00338. The Balaban J connectivity index is 1.80. The number of hydrogen-bond acceptors (Lipinski definition) is 5. The second-order valence-electron chi connectivity index (χ2n) is 5.76. The number of aryl methyl sites for hydroxylation is 1. The van der Waals surface area contributed by atoms with Crippen LogP contribution in [-0.4, -0.2) is 35.2 Å². The first-order chi connectivity index (χ1) is 8.99. The predicted octanol–water partition coefficient (Wildman–Crippen LogP) is 0.815. The molecule has 0 aromatic carbocycles. The Morgan fingerprint density at radius 3 is 3.00 bits per heavy atom. The van der Waals surface area contributed by atoms with Gasteiger partial charge in [-0.2, -0.15) is 4.98 Å². The molecule has 1 fully saturated rings. The first-order valence-electron chi connectivity index (χ1n) is 6.79. The summed E-state index contributed by atoms with van der Waals surface area (Å²) in [6.07, 6.45) is 2.76. The maximum atomic E-state index is 12.2. The molecule has 6 nitrogen and oxygen atoms in total. The molecule has 1 aromatic heterocycles. The summed E-state index contributed by atoms with van der Waals surface area (Å²) in [5, 5.41) is 9.95. The van der Waals surface area contributed by atoms with Gasteiger partial charge in [0.2, 0.25) is 11.8 Å². The molecule has 0 saturated carbocycles. The van der Waals surface area contributed by atoms with Crippen LogP contribution in [0.25, 0.3) is 0 Å². The minimum atomic E-state index is -0.120. The maximum absolute atomic E-state index is 12.2. The van der Waals surface area contributed by atoms with Crippen molar-refractivity contribution in [1.82, 2.24) is 20.8 Å². The van der Waals surface area contributed by atoms with Crippen LogP contribution in [0.5, 0.6) is 0 Å². The van der Waals surface area contributed by atoms with Crippen LogP contribution in [0.4, 0.5) is 0 Å². The summed E-state index contributed by atoms with van der Waals surface area (Å²) < 4.78 is 5.00. The molecule has 0 radical (unpaired) electrons. The molecule has 2 rings (SSSR count). The van der Waals surface area contributed by atoms with E-state index in [1.165, 1.54) is 0 Å². The van der Waals surface area contributed by atoms with Gasteiger partial charge >= 0.3 is 0 Å². The zero-order valence-electron chi connectivity index (χ0n) is 11.8. The fourth-order valence-electron chi connectivity index (χ4n) is 2.49. The van der Waals surface area contributed by atoms with Crippen molar-refractivity contribution in [3.05, 3.63) is 11.7 Å². The number of hydrogen-bond donors (Lipinski definition) is 2. The second-order valence-corrected chi connectivity index (χ2v) is 5.76. The quantitative estimate of drug-likeness (QED) is 0.843. The highest BCUT2D eigenvalue weighted by atomic mass is 16.5.